The molecule has 1 aliphatic rings. The standard InChI is InChI=1S/C11H13ClN2O2S.ClH/c1-14-11(13)17-5-8-3-9(12)2-7-4-15-6-16-10(7)8;/h2-3H,4-6H2,1H3,(H2,13,14);1H. The molecule has 0 aliphatic carbocycles. The first kappa shape index (κ1) is 15.4. The molecule has 0 saturated carbocycles. The zero-order chi connectivity index (χ0) is 12.3. The summed E-state index contributed by atoms with van der Waals surface area (Å²) in [6.45, 7) is 0.814. The number of fused-ring (bicyclic) bond motifs is 1. The smallest absolute Gasteiger partial charge is 0.189 e. The van der Waals surface area contributed by atoms with Crippen LogP contribution in [0.3, 0.4) is 0 Å². The first-order valence-corrected chi connectivity index (χ1v) is 6.44. The average molecular weight is 309 g/mol. The Morgan fingerprint density at radius 1 is 1.56 bits per heavy atom. The quantitative estimate of drug-likeness (QED) is 0.674. The van der Waals surface area contributed by atoms with Crippen molar-refractivity contribution in [2.75, 3.05) is 13.8 Å². The minimum Gasteiger partial charge on any atom is -0.467 e. The maximum Gasteiger partial charge on any atom is 0.189 e. The molecule has 1 aromatic carbocycles. The molecule has 0 amide bonds. The van der Waals surface area contributed by atoms with Gasteiger partial charge in [0.05, 0.1) is 6.61 Å². The monoisotopic (exact) mass is 308 g/mol. The van der Waals surface area contributed by atoms with Crippen LogP contribution < -0.4 is 10.5 Å². The van der Waals surface area contributed by atoms with Gasteiger partial charge in [0.25, 0.3) is 0 Å². The van der Waals surface area contributed by atoms with E-state index in [4.69, 9.17) is 26.8 Å². The Bertz CT molecular complexity index is 455. The van der Waals surface area contributed by atoms with Gasteiger partial charge in [-0.05, 0) is 12.1 Å². The van der Waals surface area contributed by atoms with Gasteiger partial charge in [0, 0.05) is 29.0 Å². The number of nitrogens with two attached hydrogens (primary N) is 1. The van der Waals surface area contributed by atoms with Crippen LogP contribution in [0.15, 0.2) is 17.1 Å². The molecule has 0 bridgehead atoms. The molecular weight excluding hydrogens is 295 g/mol. The molecule has 0 fully saturated rings. The molecule has 100 valence electrons. The molecule has 2 N–H and O–H groups in total. The van der Waals surface area contributed by atoms with Crippen LogP contribution in [0.25, 0.3) is 0 Å². The summed E-state index contributed by atoms with van der Waals surface area (Å²) >= 11 is 7.51. The van der Waals surface area contributed by atoms with Crippen LogP contribution in [-0.4, -0.2) is 19.0 Å². The van der Waals surface area contributed by atoms with Crippen molar-refractivity contribution in [2.24, 2.45) is 10.7 Å². The van der Waals surface area contributed by atoms with E-state index in [0.717, 1.165) is 16.9 Å². The van der Waals surface area contributed by atoms with E-state index < -0.39 is 0 Å². The van der Waals surface area contributed by atoms with Gasteiger partial charge >= 0.3 is 0 Å². The molecule has 2 rings (SSSR count). The van der Waals surface area contributed by atoms with Crippen molar-refractivity contribution >= 4 is 40.9 Å². The summed E-state index contributed by atoms with van der Waals surface area (Å²) in [6.07, 6.45) is 0. The van der Waals surface area contributed by atoms with Gasteiger partial charge in [0.1, 0.15) is 5.75 Å². The predicted molar refractivity (Wildman–Crippen MR) is 77.8 cm³/mol. The molecule has 0 spiro atoms. The zero-order valence-corrected chi connectivity index (χ0v) is 12.2. The van der Waals surface area contributed by atoms with Gasteiger partial charge in [-0.1, -0.05) is 23.4 Å². The fraction of sp³-hybridized carbons (Fsp3) is 0.364. The van der Waals surface area contributed by atoms with E-state index in [2.05, 4.69) is 4.99 Å². The highest BCUT2D eigenvalue weighted by atomic mass is 35.5. The lowest BCUT2D eigenvalue weighted by atomic mass is 10.1. The number of amidine groups is 1. The highest BCUT2D eigenvalue weighted by Gasteiger charge is 2.16. The van der Waals surface area contributed by atoms with Gasteiger partial charge in [-0.25, -0.2) is 0 Å². The molecule has 1 heterocycles. The van der Waals surface area contributed by atoms with Crippen LogP contribution >= 0.6 is 35.8 Å². The Balaban J connectivity index is 0.00000162. The fourth-order valence-corrected chi connectivity index (χ4v) is 2.49. The number of benzene rings is 1. The molecule has 0 radical (unpaired) electrons. The summed E-state index contributed by atoms with van der Waals surface area (Å²) in [4.78, 5) is 3.90. The summed E-state index contributed by atoms with van der Waals surface area (Å²) < 4.78 is 10.7. The molecule has 7 heteroatoms. The maximum atomic E-state index is 6.05. The van der Waals surface area contributed by atoms with E-state index in [1.54, 1.807) is 7.05 Å². The molecule has 18 heavy (non-hydrogen) atoms. The van der Waals surface area contributed by atoms with Crippen molar-refractivity contribution in [3.63, 3.8) is 0 Å². The summed E-state index contributed by atoms with van der Waals surface area (Å²) in [5, 5.41) is 1.23. The van der Waals surface area contributed by atoms with Crippen molar-refractivity contribution in [1.82, 2.24) is 0 Å². The van der Waals surface area contributed by atoms with Crippen molar-refractivity contribution in [3.8, 4) is 5.75 Å². The largest absolute Gasteiger partial charge is 0.467 e. The highest BCUT2D eigenvalue weighted by molar-refractivity contribution is 8.13. The summed E-state index contributed by atoms with van der Waals surface area (Å²) in [5.74, 6) is 1.54. The van der Waals surface area contributed by atoms with Gasteiger partial charge in [-0.2, -0.15) is 0 Å². The van der Waals surface area contributed by atoms with E-state index in [1.807, 2.05) is 12.1 Å². The molecule has 0 aromatic heterocycles. The van der Waals surface area contributed by atoms with Crippen molar-refractivity contribution in [1.29, 1.82) is 0 Å². The highest BCUT2D eigenvalue weighted by Crippen LogP contribution is 2.33. The molecule has 0 unspecified atom stereocenters. The van der Waals surface area contributed by atoms with Gasteiger partial charge in [0.15, 0.2) is 12.0 Å². The first-order valence-electron chi connectivity index (χ1n) is 5.07. The third-order valence-corrected chi connectivity index (χ3v) is 3.50. The molecule has 0 atom stereocenters. The molecule has 1 aliphatic heterocycles. The lowest BCUT2D eigenvalue weighted by Gasteiger charge is -2.20. The minimum atomic E-state index is 0. The van der Waals surface area contributed by atoms with Gasteiger partial charge in [-0.15, -0.1) is 12.4 Å². The topological polar surface area (TPSA) is 56.8 Å². The van der Waals surface area contributed by atoms with E-state index in [1.165, 1.54) is 11.8 Å². The van der Waals surface area contributed by atoms with E-state index in [9.17, 15) is 0 Å². The third-order valence-electron chi connectivity index (χ3n) is 2.35. The van der Waals surface area contributed by atoms with Crippen molar-refractivity contribution in [2.45, 2.75) is 12.4 Å². The number of hydrogen-bond acceptors (Lipinski definition) is 4. The second-order valence-corrected chi connectivity index (χ2v) is 4.95. The molecule has 1 aromatic rings. The molecule has 0 saturated heterocycles. The number of halogens is 2. The van der Waals surface area contributed by atoms with Crippen molar-refractivity contribution < 1.29 is 9.47 Å². The Labute approximate surface area is 121 Å². The van der Waals surface area contributed by atoms with E-state index >= 15 is 0 Å². The van der Waals surface area contributed by atoms with E-state index in [-0.39, 0.29) is 19.2 Å². The number of nitrogens with zero attached hydrogens (tertiary/aromatic N) is 1. The Hall–Kier alpha value is -0.620. The fourth-order valence-electron chi connectivity index (χ4n) is 1.58. The minimum absolute atomic E-state index is 0. The normalized spacial score (nSPS) is 14.4. The number of aliphatic imine (C=N–C) groups is 1. The predicted octanol–water partition coefficient (Wildman–Crippen LogP) is 2.81. The van der Waals surface area contributed by atoms with Crippen LogP contribution in [0.1, 0.15) is 11.1 Å². The van der Waals surface area contributed by atoms with E-state index in [0.29, 0.717) is 22.6 Å². The molecule has 4 nitrogen and oxygen atoms in total. The average Bonchev–Trinajstić information content (AvgIpc) is 2.35. The third kappa shape index (κ3) is 3.68. The first-order chi connectivity index (χ1) is 8.20. The Morgan fingerprint density at radius 2 is 2.33 bits per heavy atom. The summed E-state index contributed by atoms with van der Waals surface area (Å²) in [7, 11) is 1.67. The van der Waals surface area contributed by atoms with Crippen LogP contribution in [0.4, 0.5) is 0 Å². The Kier molecular flexibility index (Phi) is 6.08. The number of rotatable bonds is 2. The van der Waals surface area contributed by atoms with Crippen LogP contribution in [0, 0.1) is 0 Å². The van der Waals surface area contributed by atoms with Crippen molar-refractivity contribution in [3.05, 3.63) is 28.3 Å². The maximum absolute atomic E-state index is 6.05. The van der Waals surface area contributed by atoms with Gasteiger partial charge in [0.2, 0.25) is 0 Å². The SMILES string of the molecule is CN=C(N)SCc1cc(Cl)cc2c1OCOC2.Cl. The summed E-state index contributed by atoms with van der Waals surface area (Å²) in [5.41, 5.74) is 7.65. The number of hydrogen-bond donors (Lipinski definition) is 1. The lowest BCUT2D eigenvalue weighted by molar-refractivity contribution is -0.0168. The van der Waals surface area contributed by atoms with Gasteiger partial charge in [-0.3, -0.25) is 4.99 Å². The molecular formula is C11H14Cl2N2O2S. The number of thioether (sulfide) groups is 1. The second-order valence-electron chi connectivity index (χ2n) is 3.51. The Morgan fingerprint density at radius 3 is 3.06 bits per heavy atom. The second kappa shape index (κ2) is 7.09. The van der Waals surface area contributed by atoms with Crippen LogP contribution in [0.2, 0.25) is 5.02 Å². The lowest BCUT2D eigenvalue weighted by Crippen LogP contribution is -2.13. The summed E-state index contributed by atoms with van der Waals surface area (Å²) in [6, 6.07) is 3.75. The van der Waals surface area contributed by atoms with Gasteiger partial charge < -0.3 is 15.2 Å². The zero-order valence-electron chi connectivity index (χ0n) is 9.81. The van der Waals surface area contributed by atoms with Crippen LogP contribution in [0.5, 0.6) is 5.75 Å². The van der Waals surface area contributed by atoms with Crippen LogP contribution in [-0.2, 0) is 17.1 Å². The number of ether oxygens (including phenoxy) is 2.